The van der Waals surface area contributed by atoms with Gasteiger partial charge in [0.25, 0.3) is 5.91 Å². The van der Waals surface area contributed by atoms with Crippen LogP contribution in [0.1, 0.15) is 12.5 Å². The highest BCUT2D eigenvalue weighted by atomic mass is 19.1. The summed E-state index contributed by atoms with van der Waals surface area (Å²) in [5.41, 5.74) is 1.56. The van der Waals surface area contributed by atoms with Crippen molar-refractivity contribution in [2.24, 2.45) is 0 Å². The summed E-state index contributed by atoms with van der Waals surface area (Å²) >= 11 is 0. The van der Waals surface area contributed by atoms with Crippen molar-refractivity contribution < 1.29 is 18.7 Å². The summed E-state index contributed by atoms with van der Waals surface area (Å²) in [4.78, 5) is 24.7. The molecule has 0 saturated carbocycles. The van der Waals surface area contributed by atoms with Crippen molar-refractivity contribution in [3.8, 4) is 5.75 Å². The summed E-state index contributed by atoms with van der Waals surface area (Å²) in [7, 11) is 0. The Labute approximate surface area is 132 Å². The first-order chi connectivity index (χ1) is 11.0. The lowest BCUT2D eigenvalue weighted by atomic mass is 10.1. The SMILES string of the molecule is CC(=O)Nc1ccc2c(c1)OCC(=O)N2Cc1ccccc1F. The van der Waals surface area contributed by atoms with Gasteiger partial charge in [-0.3, -0.25) is 9.59 Å². The molecule has 2 aromatic carbocycles. The van der Waals surface area contributed by atoms with E-state index in [4.69, 9.17) is 4.74 Å². The van der Waals surface area contributed by atoms with Crippen LogP contribution in [0.5, 0.6) is 5.75 Å². The molecule has 0 spiro atoms. The van der Waals surface area contributed by atoms with Gasteiger partial charge in [0.15, 0.2) is 6.61 Å². The van der Waals surface area contributed by atoms with Gasteiger partial charge in [-0.1, -0.05) is 18.2 Å². The first kappa shape index (κ1) is 15.0. The van der Waals surface area contributed by atoms with Crippen LogP contribution in [-0.4, -0.2) is 18.4 Å². The highest BCUT2D eigenvalue weighted by Gasteiger charge is 2.26. The van der Waals surface area contributed by atoms with Crippen LogP contribution in [-0.2, 0) is 16.1 Å². The standard InChI is InChI=1S/C17H15FN2O3/c1-11(21)19-13-6-7-15-16(8-13)23-10-17(22)20(15)9-12-4-2-3-5-14(12)18/h2-8H,9-10H2,1H3,(H,19,21). The van der Waals surface area contributed by atoms with Crippen LogP contribution in [0.3, 0.4) is 0 Å². The van der Waals surface area contributed by atoms with Crippen molar-refractivity contribution in [3.63, 3.8) is 0 Å². The van der Waals surface area contributed by atoms with Gasteiger partial charge in [-0.15, -0.1) is 0 Å². The fraction of sp³-hybridized carbons (Fsp3) is 0.176. The molecular formula is C17H15FN2O3. The highest BCUT2D eigenvalue weighted by molar-refractivity contribution is 5.98. The van der Waals surface area contributed by atoms with Gasteiger partial charge in [-0.2, -0.15) is 0 Å². The molecule has 118 valence electrons. The molecule has 2 amide bonds. The topological polar surface area (TPSA) is 58.6 Å². The molecule has 0 aliphatic carbocycles. The Morgan fingerprint density at radius 1 is 1.30 bits per heavy atom. The Balaban J connectivity index is 1.92. The Kier molecular flexibility index (Phi) is 3.97. The van der Waals surface area contributed by atoms with E-state index in [-0.39, 0.29) is 30.8 Å². The number of hydrogen-bond acceptors (Lipinski definition) is 3. The van der Waals surface area contributed by atoms with E-state index in [0.29, 0.717) is 22.7 Å². The molecule has 0 bridgehead atoms. The van der Waals surface area contributed by atoms with Crippen LogP contribution in [0.4, 0.5) is 15.8 Å². The Morgan fingerprint density at radius 2 is 2.09 bits per heavy atom. The van der Waals surface area contributed by atoms with Crippen LogP contribution < -0.4 is 15.0 Å². The van der Waals surface area contributed by atoms with E-state index in [9.17, 15) is 14.0 Å². The smallest absolute Gasteiger partial charge is 0.265 e. The maximum atomic E-state index is 13.8. The molecule has 0 fully saturated rings. The molecule has 1 aliphatic heterocycles. The fourth-order valence-corrected chi connectivity index (χ4v) is 2.46. The second-order valence-corrected chi connectivity index (χ2v) is 5.22. The molecule has 0 atom stereocenters. The zero-order chi connectivity index (χ0) is 16.4. The molecule has 0 radical (unpaired) electrons. The Hall–Kier alpha value is -2.89. The van der Waals surface area contributed by atoms with Gasteiger partial charge in [0.2, 0.25) is 5.91 Å². The van der Waals surface area contributed by atoms with Crippen molar-refractivity contribution >= 4 is 23.2 Å². The highest BCUT2D eigenvalue weighted by Crippen LogP contribution is 2.35. The van der Waals surface area contributed by atoms with E-state index < -0.39 is 0 Å². The normalized spacial score (nSPS) is 13.3. The van der Waals surface area contributed by atoms with Crippen LogP contribution >= 0.6 is 0 Å². The number of rotatable bonds is 3. The molecule has 1 N–H and O–H groups in total. The van der Waals surface area contributed by atoms with Crippen molar-refractivity contribution in [2.45, 2.75) is 13.5 Å². The van der Waals surface area contributed by atoms with Crippen LogP contribution in [0.25, 0.3) is 0 Å². The molecule has 2 aromatic rings. The maximum absolute atomic E-state index is 13.8. The average Bonchev–Trinajstić information content (AvgIpc) is 2.51. The number of halogens is 1. The van der Waals surface area contributed by atoms with Crippen LogP contribution in [0.15, 0.2) is 42.5 Å². The van der Waals surface area contributed by atoms with Crippen molar-refractivity contribution in [1.29, 1.82) is 0 Å². The molecule has 6 heteroatoms. The number of nitrogens with one attached hydrogen (secondary N) is 1. The minimum Gasteiger partial charge on any atom is -0.481 e. The summed E-state index contributed by atoms with van der Waals surface area (Å²) in [5.74, 6) is -0.316. The molecule has 5 nitrogen and oxygen atoms in total. The van der Waals surface area contributed by atoms with E-state index >= 15 is 0 Å². The van der Waals surface area contributed by atoms with E-state index in [1.165, 1.54) is 17.9 Å². The van der Waals surface area contributed by atoms with Crippen LogP contribution in [0, 0.1) is 5.82 Å². The third kappa shape index (κ3) is 3.15. The van der Waals surface area contributed by atoms with Gasteiger partial charge in [0.05, 0.1) is 12.2 Å². The molecule has 1 aliphatic rings. The molecule has 1 heterocycles. The third-order valence-electron chi connectivity index (χ3n) is 3.51. The van der Waals surface area contributed by atoms with Crippen molar-refractivity contribution in [2.75, 3.05) is 16.8 Å². The van der Waals surface area contributed by atoms with E-state index in [1.54, 1.807) is 36.4 Å². The van der Waals surface area contributed by atoms with Gasteiger partial charge in [0, 0.05) is 24.2 Å². The second-order valence-electron chi connectivity index (χ2n) is 5.22. The molecule has 23 heavy (non-hydrogen) atoms. The maximum Gasteiger partial charge on any atom is 0.265 e. The summed E-state index contributed by atoms with van der Waals surface area (Å²) in [6.07, 6.45) is 0. The monoisotopic (exact) mass is 314 g/mol. The first-order valence-electron chi connectivity index (χ1n) is 7.13. The number of fused-ring (bicyclic) bond motifs is 1. The number of ether oxygens (including phenoxy) is 1. The van der Waals surface area contributed by atoms with E-state index in [1.807, 2.05) is 0 Å². The number of amides is 2. The number of carbonyl (C=O) groups excluding carboxylic acids is 2. The zero-order valence-electron chi connectivity index (χ0n) is 12.5. The lowest BCUT2D eigenvalue weighted by Gasteiger charge is -2.30. The third-order valence-corrected chi connectivity index (χ3v) is 3.51. The average molecular weight is 314 g/mol. The van der Waals surface area contributed by atoms with Gasteiger partial charge in [-0.25, -0.2) is 4.39 Å². The molecular weight excluding hydrogens is 299 g/mol. The summed E-state index contributed by atoms with van der Waals surface area (Å²) in [5, 5.41) is 2.66. The molecule has 3 rings (SSSR count). The zero-order valence-corrected chi connectivity index (χ0v) is 12.5. The summed E-state index contributed by atoms with van der Waals surface area (Å²) in [6, 6.07) is 11.3. The predicted octanol–water partition coefficient (Wildman–Crippen LogP) is 2.71. The molecule has 0 aromatic heterocycles. The Morgan fingerprint density at radius 3 is 2.83 bits per heavy atom. The van der Waals surface area contributed by atoms with Gasteiger partial charge < -0.3 is 15.0 Å². The number of benzene rings is 2. The summed E-state index contributed by atoms with van der Waals surface area (Å²) < 4.78 is 19.3. The largest absolute Gasteiger partial charge is 0.481 e. The van der Waals surface area contributed by atoms with E-state index in [0.717, 1.165) is 0 Å². The number of hydrogen-bond donors (Lipinski definition) is 1. The fourth-order valence-electron chi connectivity index (χ4n) is 2.46. The lowest BCUT2D eigenvalue weighted by Crippen LogP contribution is -2.38. The minimum atomic E-state index is -0.358. The summed E-state index contributed by atoms with van der Waals surface area (Å²) in [6.45, 7) is 1.42. The van der Waals surface area contributed by atoms with Crippen molar-refractivity contribution in [1.82, 2.24) is 0 Å². The van der Waals surface area contributed by atoms with Gasteiger partial charge in [0.1, 0.15) is 11.6 Å². The lowest BCUT2D eigenvalue weighted by molar-refractivity contribution is -0.121. The van der Waals surface area contributed by atoms with Crippen LogP contribution in [0.2, 0.25) is 0 Å². The van der Waals surface area contributed by atoms with Crippen molar-refractivity contribution in [3.05, 3.63) is 53.8 Å². The quantitative estimate of drug-likeness (QED) is 0.947. The predicted molar refractivity (Wildman–Crippen MR) is 83.8 cm³/mol. The number of carbonyl (C=O) groups is 2. The Bertz CT molecular complexity index is 776. The molecule has 0 saturated heterocycles. The van der Waals surface area contributed by atoms with Gasteiger partial charge in [-0.05, 0) is 18.2 Å². The number of anilines is 2. The number of nitrogens with zero attached hydrogens (tertiary/aromatic N) is 1. The van der Waals surface area contributed by atoms with E-state index in [2.05, 4.69) is 5.32 Å². The second kappa shape index (κ2) is 6.08. The molecule has 0 unspecified atom stereocenters. The first-order valence-corrected chi connectivity index (χ1v) is 7.13. The van der Waals surface area contributed by atoms with Gasteiger partial charge >= 0.3 is 0 Å². The minimum absolute atomic E-state index is 0.120.